The molecular formula is C18H24N2O4S2. The van der Waals surface area contributed by atoms with Crippen LogP contribution in [0.25, 0.3) is 0 Å². The Kier molecular flexibility index (Phi) is 7.47. The number of fused-ring (bicyclic) bond motifs is 2. The van der Waals surface area contributed by atoms with Crippen LogP contribution in [0.3, 0.4) is 0 Å². The number of carboxylic acid groups (broad SMARTS) is 2. The maximum Gasteiger partial charge on any atom is 0.414 e. The highest BCUT2D eigenvalue weighted by Crippen LogP contribution is 2.31. The van der Waals surface area contributed by atoms with Gasteiger partial charge in [-0.1, -0.05) is 0 Å². The Morgan fingerprint density at radius 2 is 1.08 bits per heavy atom. The summed E-state index contributed by atoms with van der Waals surface area (Å²) in [6, 6.07) is 4.28. The van der Waals surface area contributed by atoms with Gasteiger partial charge in [0.05, 0.1) is 10.0 Å². The smallest absolute Gasteiger partial charge is 0.414 e. The summed E-state index contributed by atoms with van der Waals surface area (Å²) < 4.78 is 0. The first kappa shape index (κ1) is 20.3. The van der Waals surface area contributed by atoms with Gasteiger partial charge in [-0.3, -0.25) is 0 Å². The van der Waals surface area contributed by atoms with Crippen molar-refractivity contribution in [2.45, 2.75) is 51.4 Å². The van der Waals surface area contributed by atoms with Crippen LogP contribution in [0, 0.1) is 0 Å². The summed E-state index contributed by atoms with van der Waals surface area (Å²) in [6.45, 7) is 0. The number of carboxylic acids is 2. The molecule has 6 nitrogen and oxygen atoms in total. The lowest BCUT2D eigenvalue weighted by molar-refractivity contribution is -0.159. The maximum absolute atomic E-state index is 9.10. The van der Waals surface area contributed by atoms with Gasteiger partial charge in [0.2, 0.25) is 0 Å². The van der Waals surface area contributed by atoms with Crippen LogP contribution in [0.4, 0.5) is 10.0 Å². The summed E-state index contributed by atoms with van der Waals surface area (Å²) in [6.07, 6.45) is 10.4. The molecule has 0 amide bonds. The lowest BCUT2D eigenvalue weighted by Crippen LogP contribution is -2.09. The van der Waals surface area contributed by atoms with Gasteiger partial charge in [-0.05, 0) is 74.6 Å². The molecule has 0 radical (unpaired) electrons. The van der Waals surface area contributed by atoms with Crippen molar-refractivity contribution < 1.29 is 19.8 Å². The van der Waals surface area contributed by atoms with Crippen LogP contribution in [0.1, 0.15) is 46.6 Å². The second-order valence-electron chi connectivity index (χ2n) is 6.22. The van der Waals surface area contributed by atoms with E-state index in [0.717, 1.165) is 10.0 Å². The molecule has 0 atom stereocenters. The Labute approximate surface area is 160 Å². The molecule has 8 heteroatoms. The van der Waals surface area contributed by atoms with Crippen molar-refractivity contribution in [2.75, 3.05) is 11.5 Å². The van der Waals surface area contributed by atoms with E-state index in [9.17, 15) is 0 Å². The molecule has 0 spiro atoms. The van der Waals surface area contributed by atoms with Crippen molar-refractivity contribution in [1.29, 1.82) is 0 Å². The monoisotopic (exact) mass is 396 g/mol. The number of nitrogen functional groups attached to an aromatic ring is 2. The molecule has 0 saturated carbocycles. The maximum atomic E-state index is 9.10. The average molecular weight is 397 g/mol. The van der Waals surface area contributed by atoms with Crippen molar-refractivity contribution >= 4 is 44.6 Å². The van der Waals surface area contributed by atoms with Gasteiger partial charge in [-0.2, -0.15) is 0 Å². The summed E-state index contributed by atoms with van der Waals surface area (Å²) in [4.78, 5) is 21.3. The van der Waals surface area contributed by atoms with Gasteiger partial charge < -0.3 is 21.7 Å². The lowest BCUT2D eigenvalue weighted by Gasteiger charge is -2.08. The van der Waals surface area contributed by atoms with Gasteiger partial charge in [0.15, 0.2) is 0 Å². The molecule has 0 bridgehead atoms. The lowest BCUT2D eigenvalue weighted by atomic mass is 10.00. The molecule has 26 heavy (non-hydrogen) atoms. The molecule has 0 aromatic carbocycles. The van der Waals surface area contributed by atoms with E-state index in [2.05, 4.69) is 12.1 Å². The molecule has 0 fully saturated rings. The van der Waals surface area contributed by atoms with E-state index in [-0.39, 0.29) is 0 Å². The van der Waals surface area contributed by atoms with Gasteiger partial charge >= 0.3 is 11.9 Å². The molecule has 2 aromatic heterocycles. The molecule has 2 aromatic rings. The summed E-state index contributed by atoms with van der Waals surface area (Å²) in [7, 11) is 0. The highest BCUT2D eigenvalue weighted by atomic mass is 32.1. The largest absolute Gasteiger partial charge is 0.473 e. The standard InChI is InChI=1S/2C8H11NS.C2H2O4/c2*9-8-5-6-3-1-2-4-7(6)10-8;3-1(4)2(5)6/h2*5H,1-4,9H2;(H,3,4)(H,5,6). The van der Waals surface area contributed by atoms with E-state index in [1.165, 1.54) is 72.2 Å². The van der Waals surface area contributed by atoms with Crippen LogP contribution in [-0.2, 0) is 35.3 Å². The quantitative estimate of drug-likeness (QED) is 0.504. The second kappa shape index (κ2) is 9.59. The normalized spacial score (nSPS) is 14.6. The minimum absolute atomic E-state index is 0.993. The number of hydrogen-bond donors (Lipinski definition) is 4. The van der Waals surface area contributed by atoms with Crippen LogP contribution in [0.5, 0.6) is 0 Å². The van der Waals surface area contributed by atoms with Gasteiger partial charge in [0.1, 0.15) is 0 Å². The zero-order valence-corrected chi connectivity index (χ0v) is 16.1. The van der Waals surface area contributed by atoms with E-state index in [1.807, 2.05) is 0 Å². The fourth-order valence-corrected chi connectivity index (χ4v) is 5.08. The molecule has 0 saturated heterocycles. The number of rotatable bonds is 0. The summed E-state index contributed by atoms with van der Waals surface area (Å²) in [5, 5.41) is 16.8. The van der Waals surface area contributed by atoms with Crippen LogP contribution >= 0.6 is 22.7 Å². The number of hydrogen-bond acceptors (Lipinski definition) is 6. The van der Waals surface area contributed by atoms with E-state index < -0.39 is 11.9 Å². The number of carbonyl (C=O) groups is 2. The highest BCUT2D eigenvalue weighted by Gasteiger charge is 2.12. The molecule has 6 N–H and O–H groups in total. The number of anilines is 2. The van der Waals surface area contributed by atoms with Crippen LogP contribution < -0.4 is 11.5 Å². The van der Waals surface area contributed by atoms with Crippen LogP contribution in [0.15, 0.2) is 12.1 Å². The fraction of sp³-hybridized carbons (Fsp3) is 0.444. The van der Waals surface area contributed by atoms with Crippen molar-refractivity contribution in [1.82, 2.24) is 0 Å². The third-order valence-corrected chi connectivity index (χ3v) is 6.35. The highest BCUT2D eigenvalue weighted by molar-refractivity contribution is 7.16. The van der Waals surface area contributed by atoms with E-state index in [4.69, 9.17) is 31.3 Å². The predicted octanol–water partition coefficient (Wildman–Crippen LogP) is 3.57. The van der Waals surface area contributed by atoms with Crippen molar-refractivity contribution in [3.05, 3.63) is 33.0 Å². The van der Waals surface area contributed by atoms with Crippen LogP contribution in [0.2, 0.25) is 0 Å². The molecule has 2 heterocycles. The minimum Gasteiger partial charge on any atom is -0.473 e. The predicted molar refractivity (Wildman–Crippen MR) is 106 cm³/mol. The summed E-state index contributed by atoms with van der Waals surface area (Å²) in [5.41, 5.74) is 14.4. The Bertz CT molecular complexity index is 656. The Morgan fingerprint density at radius 3 is 1.38 bits per heavy atom. The average Bonchev–Trinajstić information content (AvgIpc) is 3.16. The third-order valence-electron chi connectivity index (χ3n) is 4.21. The minimum atomic E-state index is -1.82. The summed E-state index contributed by atoms with van der Waals surface area (Å²) >= 11 is 3.54. The Balaban J connectivity index is 0.000000146. The molecule has 2 aliphatic carbocycles. The van der Waals surface area contributed by atoms with Crippen LogP contribution in [-0.4, -0.2) is 22.2 Å². The molecule has 0 unspecified atom stereocenters. The van der Waals surface area contributed by atoms with Crippen molar-refractivity contribution in [3.63, 3.8) is 0 Å². The molecule has 2 aliphatic rings. The Hall–Kier alpha value is -2.06. The fourth-order valence-electron chi connectivity index (χ4n) is 3.03. The Morgan fingerprint density at radius 1 is 0.731 bits per heavy atom. The first-order valence-electron chi connectivity index (χ1n) is 8.57. The number of thiophene rings is 2. The molecule has 4 rings (SSSR count). The van der Waals surface area contributed by atoms with Gasteiger partial charge in [-0.25, -0.2) is 9.59 Å². The van der Waals surface area contributed by atoms with Crippen molar-refractivity contribution in [3.8, 4) is 0 Å². The van der Waals surface area contributed by atoms with Gasteiger partial charge in [0.25, 0.3) is 0 Å². The number of nitrogens with two attached hydrogens (primary N) is 2. The number of aryl methyl sites for hydroxylation is 4. The molecule has 0 aliphatic heterocycles. The zero-order valence-electron chi connectivity index (χ0n) is 14.5. The zero-order chi connectivity index (χ0) is 19.1. The van der Waals surface area contributed by atoms with Crippen molar-refractivity contribution in [2.24, 2.45) is 0 Å². The third kappa shape index (κ3) is 6.03. The van der Waals surface area contributed by atoms with E-state index in [1.54, 1.807) is 22.7 Å². The van der Waals surface area contributed by atoms with Gasteiger partial charge in [-0.15, -0.1) is 22.7 Å². The van der Waals surface area contributed by atoms with E-state index in [0.29, 0.717) is 0 Å². The number of aliphatic carboxylic acids is 2. The molecular weight excluding hydrogens is 372 g/mol. The molecule has 142 valence electrons. The topological polar surface area (TPSA) is 127 Å². The first-order valence-corrected chi connectivity index (χ1v) is 10.2. The van der Waals surface area contributed by atoms with Gasteiger partial charge in [0, 0.05) is 9.75 Å². The summed E-state index contributed by atoms with van der Waals surface area (Å²) in [5.74, 6) is -3.65. The SMILES string of the molecule is Nc1cc2c(s1)CCCC2.Nc1cc2c(s1)CCCC2.O=C(O)C(=O)O. The second-order valence-corrected chi connectivity index (χ2v) is 8.56. The first-order chi connectivity index (χ1) is 12.4. The van der Waals surface area contributed by atoms with E-state index >= 15 is 0 Å².